The van der Waals surface area contributed by atoms with Gasteiger partial charge in [-0.3, -0.25) is 4.79 Å². The molecule has 0 bridgehead atoms. The Morgan fingerprint density at radius 2 is 1.81 bits per heavy atom. The monoisotopic (exact) mass is 425 g/mol. The van der Waals surface area contributed by atoms with Gasteiger partial charge in [0.05, 0.1) is 19.1 Å². The number of benzene rings is 3. The van der Waals surface area contributed by atoms with Gasteiger partial charge in [0.2, 0.25) is 5.91 Å². The maximum atomic E-state index is 13.1. The molecule has 158 valence electrons. The maximum Gasteiger partial charge on any atom is 0.417 e. The number of methoxy groups -OCH3 is 1. The number of carbonyl (C=O) groups excluding carboxylic acids is 1. The Bertz CT molecular complexity index is 1160. The van der Waals surface area contributed by atoms with Crippen molar-refractivity contribution in [1.29, 1.82) is 0 Å². The molecule has 0 saturated heterocycles. The molecule has 0 aliphatic rings. The van der Waals surface area contributed by atoms with Gasteiger partial charge in [-0.15, -0.1) is 0 Å². The van der Waals surface area contributed by atoms with Crippen LogP contribution in [0.2, 0.25) is 0 Å². The van der Waals surface area contributed by atoms with E-state index in [0.29, 0.717) is 16.8 Å². The number of amides is 1. The molecule has 0 aromatic heterocycles. The Labute approximate surface area is 177 Å². The van der Waals surface area contributed by atoms with Crippen LogP contribution in [0.3, 0.4) is 0 Å². The van der Waals surface area contributed by atoms with E-state index < -0.39 is 11.7 Å². The van der Waals surface area contributed by atoms with Crippen molar-refractivity contribution in [3.05, 3.63) is 89.0 Å². The number of anilines is 1. The van der Waals surface area contributed by atoms with Crippen LogP contribution in [-0.4, -0.2) is 18.1 Å². The van der Waals surface area contributed by atoms with Gasteiger partial charge in [0, 0.05) is 16.8 Å². The maximum absolute atomic E-state index is 13.1. The first-order valence-corrected chi connectivity index (χ1v) is 9.20. The molecular weight excluding hydrogens is 407 g/mol. The molecule has 0 unspecified atom stereocenters. The average molecular weight is 425 g/mol. The number of nitrogens with one attached hydrogen (secondary N) is 1. The Morgan fingerprint density at radius 1 is 1.03 bits per heavy atom. The summed E-state index contributed by atoms with van der Waals surface area (Å²) in [5, 5.41) is 12.4. The van der Waals surface area contributed by atoms with E-state index in [1.54, 1.807) is 36.4 Å². The van der Waals surface area contributed by atoms with E-state index in [-0.39, 0.29) is 29.4 Å². The van der Waals surface area contributed by atoms with Crippen molar-refractivity contribution < 1.29 is 27.8 Å². The second kappa shape index (κ2) is 9.26. The van der Waals surface area contributed by atoms with Crippen LogP contribution < -0.4 is 10.1 Å². The number of halogens is 3. The highest BCUT2D eigenvalue weighted by atomic mass is 19.4. The molecule has 3 aromatic rings. The van der Waals surface area contributed by atoms with Gasteiger partial charge in [-0.1, -0.05) is 36.1 Å². The van der Waals surface area contributed by atoms with Crippen molar-refractivity contribution in [1.82, 2.24) is 0 Å². The highest BCUT2D eigenvalue weighted by molar-refractivity contribution is 5.92. The molecule has 1 amide bonds. The van der Waals surface area contributed by atoms with Crippen LogP contribution in [0.1, 0.15) is 22.3 Å². The summed E-state index contributed by atoms with van der Waals surface area (Å²) in [6.45, 7) is 0. The third-order valence-electron chi connectivity index (χ3n) is 4.33. The van der Waals surface area contributed by atoms with Crippen molar-refractivity contribution in [2.24, 2.45) is 0 Å². The molecule has 0 saturated carbocycles. The molecule has 0 spiro atoms. The SMILES string of the molecule is COc1cc(CC(=O)Nc2cccc(C#Cc3ccccc3C(F)(F)F)c2)ccc1O. The van der Waals surface area contributed by atoms with E-state index >= 15 is 0 Å². The van der Waals surface area contributed by atoms with Crippen LogP contribution in [0.25, 0.3) is 0 Å². The van der Waals surface area contributed by atoms with Crippen molar-refractivity contribution in [2.75, 3.05) is 12.4 Å². The number of rotatable bonds is 4. The summed E-state index contributed by atoms with van der Waals surface area (Å²) in [5.41, 5.74) is 0.654. The van der Waals surface area contributed by atoms with Gasteiger partial charge >= 0.3 is 6.18 Å². The zero-order chi connectivity index (χ0) is 22.4. The summed E-state index contributed by atoms with van der Waals surface area (Å²) < 4.78 is 44.3. The van der Waals surface area contributed by atoms with Crippen molar-refractivity contribution in [2.45, 2.75) is 12.6 Å². The Hall–Kier alpha value is -3.92. The zero-order valence-electron chi connectivity index (χ0n) is 16.5. The standard InChI is InChI=1S/C24H18F3NO3/c1-31-22-14-17(10-12-21(22)29)15-23(30)28-19-7-4-5-16(13-19)9-11-18-6-2-3-8-20(18)24(25,26)27/h2-8,10,12-14,29H,15H2,1H3,(H,28,30). The van der Waals surface area contributed by atoms with Crippen LogP contribution in [0.15, 0.2) is 66.7 Å². The van der Waals surface area contributed by atoms with E-state index in [4.69, 9.17) is 4.74 Å². The molecule has 3 aromatic carbocycles. The van der Waals surface area contributed by atoms with Crippen LogP contribution in [-0.2, 0) is 17.4 Å². The smallest absolute Gasteiger partial charge is 0.417 e. The predicted molar refractivity (Wildman–Crippen MR) is 111 cm³/mol. The average Bonchev–Trinajstić information content (AvgIpc) is 2.73. The fourth-order valence-corrected chi connectivity index (χ4v) is 2.88. The van der Waals surface area contributed by atoms with Crippen molar-refractivity contribution in [3.63, 3.8) is 0 Å². The number of phenols is 1. The van der Waals surface area contributed by atoms with E-state index in [1.165, 1.54) is 31.4 Å². The first kappa shape index (κ1) is 21.8. The highest BCUT2D eigenvalue weighted by Crippen LogP contribution is 2.31. The van der Waals surface area contributed by atoms with E-state index in [0.717, 1.165) is 6.07 Å². The molecule has 0 radical (unpaired) electrons. The number of phenolic OH excluding ortho intramolecular Hbond substituents is 1. The molecule has 7 heteroatoms. The number of alkyl halides is 3. The molecule has 0 heterocycles. The van der Waals surface area contributed by atoms with Crippen molar-refractivity contribution in [3.8, 4) is 23.3 Å². The zero-order valence-corrected chi connectivity index (χ0v) is 16.5. The first-order chi connectivity index (χ1) is 14.8. The summed E-state index contributed by atoms with van der Waals surface area (Å²) in [4.78, 5) is 12.3. The van der Waals surface area contributed by atoms with E-state index in [9.17, 15) is 23.1 Å². The third kappa shape index (κ3) is 5.80. The van der Waals surface area contributed by atoms with Crippen LogP contribution in [0.4, 0.5) is 18.9 Å². The molecule has 4 nitrogen and oxygen atoms in total. The van der Waals surface area contributed by atoms with Crippen molar-refractivity contribution >= 4 is 11.6 Å². The van der Waals surface area contributed by atoms with Gasteiger partial charge in [-0.2, -0.15) is 13.2 Å². The second-order valence-corrected chi connectivity index (χ2v) is 6.61. The summed E-state index contributed by atoms with van der Waals surface area (Å²) in [5.74, 6) is 5.20. The largest absolute Gasteiger partial charge is 0.504 e. The van der Waals surface area contributed by atoms with Gasteiger partial charge in [0.1, 0.15) is 0 Å². The summed E-state index contributed by atoms with van der Waals surface area (Å²) in [6.07, 6.45) is -4.44. The van der Waals surface area contributed by atoms with Gasteiger partial charge in [0.25, 0.3) is 0 Å². The molecule has 0 aliphatic heterocycles. The Morgan fingerprint density at radius 3 is 2.55 bits per heavy atom. The second-order valence-electron chi connectivity index (χ2n) is 6.61. The molecule has 31 heavy (non-hydrogen) atoms. The predicted octanol–water partition coefficient (Wildman–Crippen LogP) is 5.00. The van der Waals surface area contributed by atoms with E-state index in [2.05, 4.69) is 17.2 Å². The van der Waals surface area contributed by atoms with Gasteiger partial charge in [-0.05, 0) is 48.0 Å². The molecule has 0 atom stereocenters. The number of hydrogen-bond acceptors (Lipinski definition) is 3. The molecular formula is C24H18F3NO3. The van der Waals surface area contributed by atoms with Crippen LogP contribution in [0.5, 0.6) is 11.5 Å². The number of carbonyl (C=O) groups is 1. The minimum absolute atomic E-state index is 0.0231. The van der Waals surface area contributed by atoms with Gasteiger partial charge < -0.3 is 15.2 Å². The van der Waals surface area contributed by atoms with Gasteiger partial charge in [-0.25, -0.2) is 0 Å². The number of hydrogen-bond donors (Lipinski definition) is 2. The minimum atomic E-state index is -4.49. The molecule has 3 rings (SSSR count). The lowest BCUT2D eigenvalue weighted by Crippen LogP contribution is -2.14. The van der Waals surface area contributed by atoms with Crippen LogP contribution >= 0.6 is 0 Å². The lowest BCUT2D eigenvalue weighted by Gasteiger charge is -2.08. The topological polar surface area (TPSA) is 58.6 Å². The lowest BCUT2D eigenvalue weighted by molar-refractivity contribution is -0.137. The fourth-order valence-electron chi connectivity index (χ4n) is 2.88. The van der Waals surface area contributed by atoms with E-state index in [1.807, 2.05) is 0 Å². The quantitative estimate of drug-likeness (QED) is 0.579. The normalized spacial score (nSPS) is 10.7. The number of ether oxygens (including phenoxy) is 1. The fraction of sp³-hybridized carbons (Fsp3) is 0.125. The summed E-state index contributed by atoms with van der Waals surface area (Å²) in [7, 11) is 1.42. The number of aromatic hydroxyl groups is 1. The molecule has 0 aliphatic carbocycles. The minimum Gasteiger partial charge on any atom is -0.504 e. The summed E-state index contributed by atoms with van der Waals surface area (Å²) >= 11 is 0. The Balaban J connectivity index is 1.74. The molecule has 2 N–H and O–H groups in total. The first-order valence-electron chi connectivity index (χ1n) is 9.20. The molecule has 0 fully saturated rings. The Kier molecular flexibility index (Phi) is 6.51. The highest BCUT2D eigenvalue weighted by Gasteiger charge is 2.32. The summed E-state index contributed by atoms with van der Waals surface area (Å²) in [6, 6.07) is 16.3. The lowest BCUT2D eigenvalue weighted by atomic mass is 10.1. The van der Waals surface area contributed by atoms with Gasteiger partial charge in [0.15, 0.2) is 11.5 Å². The third-order valence-corrected chi connectivity index (χ3v) is 4.33. The van der Waals surface area contributed by atoms with Crippen LogP contribution in [0, 0.1) is 11.8 Å².